The summed E-state index contributed by atoms with van der Waals surface area (Å²) in [5, 5.41) is 2.88. The van der Waals surface area contributed by atoms with Crippen LogP contribution in [0.5, 0.6) is 11.5 Å². The van der Waals surface area contributed by atoms with Gasteiger partial charge in [0, 0.05) is 30.7 Å². The second-order valence-electron chi connectivity index (χ2n) is 7.37. The van der Waals surface area contributed by atoms with Gasteiger partial charge in [-0.3, -0.25) is 9.59 Å². The average Bonchev–Trinajstić information content (AvgIpc) is 2.67. The SMILES string of the molecule is CCOc1cc(C(=O)NC(C)(C)CN)ccc1OCC(=O)N1CCCCC1. The van der Waals surface area contributed by atoms with Crippen LogP contribution in [0.2, 0.25) is 0 Å². The van der Waals surface area contributed by atoms with Gasteiger partial charge in [-0.05, 0) is 58.2 Å². The van der Waals surface area contributed by atoms with Crippen LogP contribution in [0.15, 0.2) is 18.2 Å². The predicted molar refractivity (Wildman–Crippen MR) is 104 cm³/mol. The lowest BCUT2D eigenvalue weighted by molar-refractivity contribution is -0.134. The predicted octanol–water partition coefficient (Wildman–Crippen LogP) is 1.94. The summed E-state index contributed by atoms with van der Waals surface area (Å²) >= 11 is 0. The van der Waals surface area contributed by atoms with Crippen molar-refractivity contribution in [3.05, 3.63) is 23.8 Å². The third-order valence-corrected chi connectivity index (χ3v) is 4.53. The molecule has 27 heavy (non-hydrogen) atoms. The Bertz CT molecular complexity index is 655. The monoisotopic (exact) mass is 377 g/mol. The lowest BCUT2D eigenvalue weighted by Gasteiger charge is -2.26. The van der Waals surface area contributed by atoms with Crippen molar-refractivity contribution in [2.45, 2.75) is 45.6 Å². The maximum absolute atomic E-state index is 12.4. The van der Waals surface area contributed by atoms with E-state index in [4.69, 9.17) is 15.2 Å². The van der Waals surface area contributed by atoms with Gasteiger partial charge < -0.3 is 25.4 Å². The van der Waals surface area contributed by atoms with Gasteiger partial charge in [-0.25, -0.2) is 0 Å². The molecule has 1 fully saturated rings. The average molecular weight is 377 g/mol. The van der Waals surface area contributed by atoms with E-state index in [-0.39, 0.29) is 18.4 Å². The standard InChI is InChI=1S/C20H31N3O4/c1-4-26-17-12-15(19(25)22-20(2,3)14-21)8-9-16(17)27-13-18(24)23-10-6-5-7-11-23/h8-9,12H,4-7,10-11,13-14,21H2,1-3H3,(H,22,25). The van der Waals surface area contributed by atoms with Gasteiger partial charge in [0.25, 0.3) is 11.8 Å². The number of ether oxygens (including phenoxy) is 2. The molecule has 1 saturated heterocycles. The largest absolute Gasteiger partial charge is 0.490 e. The normalized spacial score (nSPS) is 14.6. The quantitative estimate of drug-likeness (QED) is 0.722. The van der Waals surface area contributed by atoms with Gasteiger partial charge in [0.05, 0.1) is 6.61 Å². The molecule has 0 spiro atoms. The molecule has 2 rings (SSSR count). The number of benzene rings is 1. The number of carbonyl (C=O) groups excluding carboxylic acids is 2. The first-order chi connectivity index (χ1) is 12.9. The minimum Gasteiger partial charge on any atom is -0.490 e. The molecule has 0 bridgehead atoms. The Morgan fingerprint density at radius 3 is 2.48 bits per heavy atom. The summed E-state index contributed by atoms with van der Waals surface area (Å²) in [6.07, 6.45) is 3.25. The third kappa shape index (κ3) is 6.13. The molecule has 1 aliphatic rings. The van der Waals surface area contributed by atoms with Crippen LogP contribution in [0.4, 0.5) is 0 Å². The summed E-state index contributed by atoms with van der Waals surface area (Å²) in [5.41, 5.74) is 5.62. The molecule has 1 heterocycles. The highest BCUT2D eigenvalue weighted by Crippen LogP contribution is 2.29. The van der Waals surface area contributed by atoms with E-state index in [2.05, 4.69) is 5.32 Å². The van der Waals surface area contributed by atoms with Crippen molar-refractivity contribution in [2.24, 2.45) is 5.73 Å². The number of rotatable bonds is 8. The van der Waals surface area contributed by atoms with E-state index in [0.717, 1.165) is 25.9 Å². The van der Waals surface area contributed by atoms with Gasteiger partial charge in [-0.1, -0.05) is 0 Å². The molecule has 0 unspecified atom stereocenters. The van der Waals surface area contributed by atoms with Crippen LogP contribution < -0.4 is 20.5 Å². The molecule has 1 aliphatic heterocycles. The zero-order valence-corrected chi connectivity index (χ0v) is 16.5. The molecule has 0 aliphatic carbocycles. The summed E-state index contributed by atoms with van der Waals surface area (Å²) in [5.74, 6) is 0.644. The van der Waals surface area contributed by atoms with Crippen molar-refractivity contribution in [1.29, 1.82) is 0 Å². The highest BCUT2D eigenvalue weighted by Gasteiger charge is 2.21. The zero-order chi connectivity index (χ0) is 19.9. The Morgan fingerprint density at radius 1 is 1.15 bits per heavy atom. The van der Waals surface area contributed by atoms with Crippen LogP contribution in [-0.4, -0.2) is 55.1 Å². The van der Waals surface area contributed by atoms with Gasteiger partial charge >= 0.3 is 0 Å². The maximum Gasteiger partial charge on any atom is 0.260 e. The van der Waals surface area contributed by atoms with Gasteiger partial charge in [0.2, 0.25) is 0 Å². The highest BCUT2D eigenvalue weighted by molar-refractivity contribution is 5.95. The van der Waals surface area contributed by atoms with Crippen LogP contribution in [0.25, 0.3) is 0 Å². The smallest absolute Gasteiger partial charge is 0.260 e. The molecule has 1 aromatic rings. The number of nitrogens with one attached hydrogen (secondary N) is 1. The topological polar surface area (TPSA) is 93.9 Å². The van der Waals surface area contributed by atoms with E-state index in [1.54, 1.807) is 18.2 Å². The second-order valence-corrected chi connectivity index (χ2v) is 7.37. The molecule has 0 radical (unpaired) electrons. The first kappa shape index (κ1) is 21.0. The van der Waals surface area contributed by atoms with Crippen molar-refractivity contribution < 1.29 is 19.1 Å². The number of amides is 2. The molecule has 0 aromatic heterocycles. The van der Waals surface area contributed by atoms with Crippen molar-refractivity contribution in [3.8, 4) is 11.5 Å². The molecule has 0 atom stereocenters. The Morgan fingerprint density at radius 2 is 1.85 bits per heavy atom. The minimum absolute atomic E-state index is 0.0244. The molecule has 7 heteroatoms. The van der Waals surface area contributed by atoms with E-state index >= 15 is 0 Å². The number of hydrogen-bond acceptors (Lipinski definition) is 5. The summed E-state index contributed by atoms with van der Waals surface area (Å²) in [7, 11) is 0. The highest BCUT2D eigenvalue weighted by atomic mass is 16.5. The Kier molecular flexibility index (Phi) is 7.47. The van der Waals surface area contributed by atoms with Crippen molar-refractivity contribution in [1.82, 2.24) is 10.2 Å². The Hall–Kier alpha value is -2.28. The molecule has 1 aromatic carbocycles. The zero-order valence-electron chi connectivity index (χ0n) is 16.5. The first-order valence-corrected chi connectivity index (χ1v) is 9.56. The molecule has 150 valence electrons. The van der Waals surface area contributed by atoms with Crippen molar-refractivity contribution in [3.63, 3.8) is 0 Å². The van der Waals surface area contributed by atoms with Gasteiger partial charge in [-0.15, -0.1) is 0 Å². The first-order valence-electron chi connectivity index (χ1n) is 9.56. The Balaban J connectivity index is 2.05. The van der Waals surface area contributed by atoms with Gasteiger partial charge in [0.1, 0.15) is 0 Å². The summed E-state index contributed by atoms with van der Waals surface area (Å²) in [4.78, 5) is 26.6. The fourth-order valence-corrected chi connectivity index (χ4v) is 2.84. The van der Waals surface area contributed by atoms with Crippen LogP contribution in [0.1, 0.15) is 50.4 Å². The van der Waals surface area contributed by atoms with E-state index in [9.17, 15) is 9.59 Å². The molecule has 7 nitrogen and oxygen atoms in total. The Labute approximate surface area is 161 Å². The number of nitrogens with two attached hydrogens (primary N) is 1. The van der Waals surface area contributed by atoms with Crippen molar-refractivity contribution >= 4 is 11.8 Å². The second kappa shape index (κ2) is 9.60. The minimum atomic E-state index is -0.501. The van der Waals surface area contributed by atoms with Crippen LogP contribution >= 0.6 is 0 Å². The van der Waals surface area contributed by atoms with Crippen LogP contribution in [0.3, 0.4) is 0 Å². The maximum atomic E-state index is 12.4. The molecule has 3 N–H and O–H groups in total. The lowest BCUT2D eigenvalue weighted by atomic mass is 10.1. The summed E-state index contributed by atoms with van der Waals surface area (Å²) in [6, 6.07) is 4.95. The fraction of sp³-hybridized carbons (Fsp3) is 0.600. The van der Waals surface area contributed by atoms with E-state index < -0.39 is 5.54 Å². The van der Waals surface area contributed by atoms with Crippen LogP contribution in [0, 0.1) is 0 Å². The number of piperidine rings is 1. The number of carbonyl (C=O) groups is 2. The van der Waals surface area contributed by atoms with E-state index in [0.29, 0.717) is 30.2 Å². The number of nitrogens with zero attached hydrogens (tertiary/aromatic N) is 1. The molecule has 0 saturated carbocycles. The molecule has 2 amide bonds. The fourth-order valence-electron chi connectivity index (χ4n) is 2.84. The van der Waals surface area contributed by atoms with Crippen molar-refractivity contribution in [2.75, 3.05) is 32.8 Å². The van der Waals surface area contributed by atoms with E-state index in [1.165, 1.54) is 6.42 Å². The van der Waals surface area contributed by atoms with Gasteiger partial charge in [0.15, 0.2) is 18.1 Å². The molecular weight excluding hydrogens is 346 g/mol. The number of likely N-dealkylation sites (tertiary alicyclic amines) is 1. The lowest BCUT2D eigenvalue weighted by Crippen LogP contribution is -2.48. The summed E-state index contributed by atoms with van der Waals surface area (Å²) in [6.45, 7) is 7.87. The van der Waals surface area contributed by atoms with Crippen LogP contribution in [-0.2, 0) is 4.79 Å². The summed E-state index contributed by atoms with van der Waals surface area (Å²) < 4.78 is 11.3. The number of hydrogen-bond donors (Lipinski definition) is 2. The third-order valence-electron chi connectivity index (χ3n) is 4.53. The molecular formula is C20H31N3O4. The van der Waals surface area contributed by atoms with E-state index in [1.807, 2.05) is 25.7 Å². The van der Waals surface area contributed by atoms with Gasteiger partial charge in [-0.2, -0.15) is 0 Å².